The summed E-state index contributed by atoms with van der Waals surface area (Å²) in [7, 11) is 0. The maximum absolute atomic E-state index is 14.5. The minimum absolute atomic E-state index is 0.0436. The number of carbonyl (C=O) groups is 1. The Morgan fingerprint density at radius 3 is 2.62 bits per heavy atom. The SMILES string of the molecule is C#Cc1ccc(COc2cccc(-c3ccc(CC(=O)O)c(F)c3C)n2)c(F)c1. The van der Waals surface area contributed by atoms with Crippen molar-refractivity contribution in [2.24, 2.45) is 0 Å². The van der Waals surface area contributed by atoms with E-state index in [1.165, 1.54) is 12.1 Å². The molecule has 0 atom stereocenters. The summed E-state index contributed by atoms with van der Waals surface area (Å²) in [6.45, 7) is 1.52. The number of hydrogen-bond donors (Lipinski definition) is 1. The summed E-state index contributed by atoms with van der Waals surface area (Å²) in [6, 6.07) is 12.5. The standard InChI is InChI=1S/C23H17F2NO3/c1-3-15-7-8-17(19(24)11-15)13-29-21-6-4-5-20(26-21)18-10-9-16(12-22(27)28)23(25)14(18)2/h1,4-11H,12-13H2,2H3,(H,27,28). The normalized spacial score (nSPS) is 10.4. The molecule has 3 rings (SSSR count). The number of carboxylic acids is 1. The Balaban J connectivity index is 1.82. The van der Waals surface area contributed by atoms with Gasteiger partial charge in [0.25, 0.3) is 0 Å². The van der Waals surface area contributed by atoms with E-state index in [1.807, 2.05) is 0 Å². The topological polar surface area (TPSA) is 59.4 Å². The van der Waals surface area contributed by atoms with Crippen LogP contribution in [0.5, 0.6) is 5.88 Å². The first-order chi connectivity index (χ1) is 13.9. The highest BCUT2D eigenvalue weighted by Crippen LogP contribution is 2.27. The van der Waals surface area contributed by atoms with Crippen molar-refractivity contribution >= 4 is 5.97 Å². The first-order valence-electron chi connectivity index (χ1n) is 8.74. The summed E-state index contributed by atoms with van der Waals surface area (Å²) < 4.78 is 34.1. The molecule has 0 fully saturated rings. The summed E-state index contributed by atoms with van der Waals surface area (Å²) >= 11 is 0. The second-order valence-corrected chi connectivity index (χ2v) is 6.38. The average Bonchev–Trinajstić information content (AvgIpc) is 2.70. The fourth-order valence-corrected chi connectivity index (χ4v) is 2.87. The van der Waals surface area contributed by atoms with Gasteiger partial charge in [-0.05, 0) is 36.2 Å². The summed E-state index contributed by atoms with van der Waals surface area (Å²) in [4.78, 5) is 15.2. The van der Waals surface area contributed by atoms with Crippen molar-refractivity contribution in [2.45, 2.75) is 20.0 Å². The Hall–Kier alpha value is -3.72. The van der Waals surface area contributed by atoms with Gasteiger partial charge in [0.15, 0.2) is 0 Å². The summed E-state index contributed by atoms with van der Waals surface area (Å²) in [5.74, 6) is 0.461. The Kier molecular flexibility index (Phi) is 5.89. The van der Waals surface area contributed by atoms with Crippen LogP contribution in [0.25, 0.3) is 11.3 Å². The van der Waals surface area contributed by atoms with Gasteiger partial charge in [-0.3, -0.25) is 4.79 Å². The van der Waals surface area contributed by atoms with Crippen LogP contribution >= 0.6 is 0 Å². The number of terminal acetylenes is 1. The van der Waals surface area contributed by atoms with Gasteiger partial charge in [0.05, 0.1) is 12.1 Å². The zero-order valence-electron chi connectivity index (χ0n) is 15.6. The molecule has 3 aromatic rings. The summed E-state index contributed by atoms with van der Waals surface area (Å²) in [6.07, 6.45) is 4.85. The quantitative estimate of drug-likeness (QED) is 0.626. The van der Waals surface area contributed by atoms with Crippen molar-refractivity contribution in [1.29, 1.82) is 0 Å². The van der Waals surface area contributed by atoms with E-state index in [2.05, 4.69) is 10.9 Å². The third-order valence-electron chi connectivity index (χ3n) is 4.40. The van der Waals surface area contributed by atoms with E-state index >= 15 is 0 Å². The molecule has 0 unspecified atom stereocenters. The number of ether oxygens (including phenoxy) is 1. The van der Waals surface area contributed by atoms with Gasteiger partial charge >= 0.3 is 5.97 Å². The average molecular weight is 393 g/mol. The molecule has 1 N–H and O–H groups in total. The monoisotopic (exact) mass is 393 g/mol. The fourth-order valence-electron chi connectivity index (χ4n) is 2.87. The van der Waals surface area contributed by atoms with Crippen LogP contribution < -0.4 is 4.74 Å². The summed E-state index contributed by atoms with van der Waals surface area (Å²) in [5, 5.41) is 8.87. The smallest absolute Gasteiger partial charge is 0.307 e. The molecule has 2 aromatic carbocycles. The Labute approximate surface area is 166 Å². The molecule has 0 aliphatic rings. The Morgan fingerprint density at radius 1 is 1.17 bits per heavy atom. The zero-order valence-corrected chi connectivity index (χ0v) is 15.6. The van der Waals surface area contributed by atoms with Gasteiger partial charge in [-0.2, -0.15) is 0 Å². The maximum atomic E-state index is 14.5. The van der Waals surface area contributed by atoms with Gasteiger partial charge in [-0.25, -0.2) is 13.8 Å². The van der Waals surface area contributed by atoms with E-state index in [-0.39, 0.29) is 18.1 Å². The highest BCUT2D eigenvalue weighted by atomic mass is 19.1. The van der Waals surface area contributed by atoms with Crippen LogP contribution in [0.4, 0.5) is 8.78 Å². The van der Waals surface area contributed by atoms with Crippen LogP contribution in [-0.4, -0.2) is 16.1 Å². The van der Waals surface area contributed by atoms with Crippen LogP contribution in [0.15, 0.2) is 48.5 Å². The minimum atomic E-state index is -1.10. The molecule has 29 heavy (non-hydrogen) atoms. The van der Waals surface area contributed by atoms with Gasteiger partial charge in [0, 0.05) is 22.8 Å². The number of benzene rings is 2. The van der Waals surface area contributed by atoms with E-state index in [1.54, 1.807) is 43.3 Å². The molecular formula is C23H17F2NO3. The van der Waals surface area contributed by atoms with Crippen molar-refractivity contribution in [2.75, 3.05) is 0 Å². The zero-order chi connectivity index (χ0) is 21.0. The van der Waals surface area contributed by atoms with E-state index in [0.29, 0.717) is 27.9 Å². The lowest BCUT2D eigenvalue weighted by atomic mass is 9.99. The van der Waals surface area contributed by atoms with Crippen LogP contribution in [-0.2, 0) is 17.8 Å². The molecule has 0 bridgehead atoms. The lowest BCUT2D eigenvalue weighted by Gasteiger charge is -2.11. The molecule has 0 aliphatic carbocycles. The van der Waals surface area contributed by atoms with Gasteiger partial charge in [0.2, 0.25) is 5.88 Å². The molecule has 0 saturated heterocycles. The molecule has 6 heteroatoms. The van der Waals surface area contributed by atoms with E-state index in [4.69, 9.17) is 16.3 Å². The number of aliphatic carboxylic acids is 1. The molecule has 0 saturated carbocycles. The third kappa shape index (κ3) is 4.58. The van der Waals surface area contributed by atoms with Gasteiger partial charge in [0.1, 0.15) is 18.2 Å². The van der Waals surface area contributed by atoms with Gasteiger partial charge < -0.3 is 9.84 Å². The van der Waals surface area contributed by atoms with Crippen LogP contribution in [0.3, 0.4) is 0 Å². The molecular weight excluding hydrogens is 376 g/mol. The van der Waals surface area contributed by atoms with Crippen molar-refractivity contribution < 1.29 is 23.4 Å². The van der Waals surface area contributed by atoms with E-state index in [0.717, 1.165) is 0 Å². The number of carboxylic acid groups (broad SMARTS) is 1. The Bertz CT molecular complexity index is 1120. The van der Waals surface area contributed by atoms with Crippen molar-refractivity contribution in [3.8, 4) is 29.5 Å². The maximum Gasteiger partial charge on any atom is 0.307 e. The molecule has 0 radical (unpaired) electrons. The first-order valence-corrected chi connectivity index (χ1v) is 8.74. The number of nitrogens with zero attached hydrogens (tertiary/aromatic N) is 1. The second-order valence-electron chi connectivity index (χ2n) is 6.38. The molecule has 4 nitrogen and oxygen atoms in total. The molecule has 0 aliphatic heterocycles. The second kappa shape index (κ2) is 8.53. The van der Waals surface area contributed by atoms with Crippen LogP contribution in [0.1, 0.15) is 22.3 Å². The molecule has 1 heterocycles. The number of aromatic nitrogens is 1. The van der Waals surface area contributed by atoms with Crippen molar-refractivity contribution in [3.05, 3.63) is 82.4 Å². The highest BCUT2D eigenvalue weighted by Gasteiger charge is 2.15. The van der Waals surface area contributed by atoms with Crippen LogP contribution in [0, 0.1) is 30.9 Å². The Morgan fingerprint density at radius 2 is 1.93 bits per heavy atom. The molecule has 0 spiro atoms. The largest absolute Gasteiger partial charge is 0.481 e. The predicted octanol–water partition coefficient (Wildman–Crippen LogP) is 4.52. The molecule has 1 aromatic heterocycles. The molecule has 146 valence electrons. The van der Waals surface area contributed by atoms with E-state index in [9.17, 15) is 13.6 Å². The minimum Gasteiger partial charge on any atom is -0.481 e. The van der Waals surface area contributed by atoms with E-state index < -0.39 is 24.0 Å². The number of rotatable bonds is 6. The number of halogens is 2. The first kappa shape index (κ1) is 20.0. The third-order valence-corrected chi connectivity index (χ3v) is 4.40. The van der Waals surface area contributed by atoms with Gasteiger partial charge in [-0.15, -0.1) is 6.42 Å². The van der Waals surface area contributed by atoms with Crippen molar-refractivity contribution in [3.63, 3.8) is 0 Å². The number of hydrogen-bond acceptors (Lipinski definition) is 3. The lowest BCUT2D eigenvalue weighted by molar-refractivity contribution is -0.136. The lowest BCUT2D eigenvalue weighted by Crippen LogP contribution is -2.05. The van der Waals surface area contributed by atoms with Crippen LogP contribution in [0.2, 0.25) is 0 Å². The predicted molar refractivity (Wildman–Crippen MR) is 104 cm³/mol. The highest BCUT2D eigenvalue weighted by molar-refractivity contribution is 5.72. The summed E-state index contributed by atoms with van der Waals surface area (Å²) in [5.41, 5.74) is 2.16. The van der Waals surface area contributed by atoms with Gasteiger partial charge in [-0.1, -0.05) is 30.2 Å². The van der Waals surface area contributed by atoms with Crippen molar-refractivity contribution in [1.82, 2.24) is 4.98 Å². The molecule has 0 amide bonds. The number of pyridine rings is 1. The fraction of sp³-hybridized carbons (Fsp3) is 0.130.